The number of carbonyl (C=O) groups is 1. The van der Waals surface area contributed by atoms with Crippen LogP contribution in [0.1, 0.15) is 24.0 Å². The number of rotatable bonds is 5. The van der Waals surface area contributed by atoms with Gasteiger partial charge in [-0.15, -0.1) is 21.5 Å². The highest BCUT2D eigenvalue weighted by Gasteiger charge is 2.26. The Hall–Kier alpha value is -1.78. The minimum atomic E-state index is -0.939. The van der Waals surface area contributed by atoms with Crippen LogP contribution in [-0.2, 0) is 17.6 Å². The molecule has 1 aromatic carbocycles. The number of carboxylic acid groups (broad SMARTS) is 1. The lowest BCUT2D eigenvalue weighted by atomic mass is 9.91. The quantitative estimate of drug-likeness (QED) is 0.509. The van der Waals surface area contributed by atoms with Crippen molar-refractivity contribution in [2.45, 2.75) is 30.8 Å². The summed E-state index contributed by atoms with van der Waals surface area (Å²) in [6.07, 6.45) is 3.78. The van der Waals surface area contributed by atoms with Gasteiger partial charge in [0.25, 0.3) is 0 Å². The largest absolute Gasteiger partial charge is 0.481 e. The summed E-state index contributed by atoms with van der Waals surface area (Å²) in [5.74, 6) is -2.82. The van der Waals surface area contributed by atoms with Crippen LogP contribution in [0.4, 0.5) is 8.78 Å². The van der Waals surface area contributed by atoms with Gasteiger partial charge in [-0.1, -0.05) is 17.8 Å². The summed E-state index contributed by atoms with van der Waals surface area (Å²) in [5, 5.41) is 18.5. The lowest BCUT2D eigenvalue weighted by molar-refractivity contribution is -0.133. The van der Waals surface area contributed by atoms with Gasteiger partial charge in [-0.2, -0.15) is 0 Å². The first kappa shape index (κ1) is 19.5. The summed E-state index contributed by atoms with van der Waals surface area (Å²) in [6, 6.07) is 3.95. The van der Waals surface area contributed by atoms with Crippen molar-refractivity contribution in [3.8, 4) is 15.4 Å². The Kier molecular flexibility index (Phi) is 5.52. The second kappa shape index (κ2) is 7.92. The molecule has 0 fully saturated rings. The first-order chi connectivity index (χ1) is 13.5. The molecular formula is C18H14BrF2N3O2S2. The molecule has 1 aliphatic carbocycles. The molecule has 1 aliphatic rings. The van der Waals surface area contributed by atoms with Crippen LogP contribution in [0.5, 0.6) is 0 Å². The molecular weight excluding hydrogens is 472 g/mol. The van der Waals surface area contributed by atoms with Crippen molar-refractivity contribution in [1.29, 1.82) is 0 Å². The summed E-state index contributed by atoms with van der Waals surface area (Å²) in [7, 11) is 0. The van der Waals surface area contributed by atoms with E-state index >= 15 is 0 Å². The van der Waals surface area contributed by atoms with Gasteiger partial charge in [0.1, 0.15) is 5.00 Å². The van der Waals surface area contributed by atoms with E-state index in [-0.39, 0.29) is 5.75 Å². The number of thiophene rings is 1. The van der Waals surface area contributed by atoms with E-state index in [2.05, 4.69) is 26.1 Å². The standard InChI is InChI=1S/C18H14BrF2N3O2S2/c19-17-22-23-18(27-8-14(25)26)24(17)16-11-4-2-1-3-10(11)15(28-16)9-5-6-12(20)13(21)7-9/h5-7H,1-4,8H2,(H,25,26). The van der Waals surface area contributed by atoms with Crippen LogP contribution >= 0.6 is 39.0 Å². The van der Waals surface area contributed by atoms with Gasteiger partial charge in [0, 0.05) is 4.88 Å². The van der Waals surface area contributed by atoms with Gasteiger partial charge in [-0.05, 0) is 70.4 Å². The minimum Gasteiger partial charge on any atom is -0.481 e. The third-order valence-corrected chi connectivity index (χ3v) is 7.24. The molecule has 0 unspecified atom stereocenters. The molecule has 2 heterocycles. The molecule has 3 aromatic rings. The molecule has 4 rings (SSSR count). The van der Waals surface area contributed by atoms with Gasteiger partial charge in [0.05, 0.1) is 5.75 Å². The zero-order valence-corrected chi connectivity index (χ0v) is 17.6. The smallest absolute Gasteiger partial charge is 0.313 e. The van der Waals surface area contributed by atoms with Crippen LogP contribution in [0.15, 0.2) is 28.1 Å². The molecule has 0 saturated carbocycles. The average molecular weight is 486 g/mol. The molecule has 0 bridgehead atoms. The van der Waals surface area contributed by atoms with Crippen molar-refractivity contribution in [1.82, 2.24) is 14.8 Å². The van der Waals surface area contributed by atoms with E-state index < -0.39 is 17.6 Å². The Morgan fingerprint density at radius 3 is 2.68 bits per heavy atom. The fourth-order valence-corrected chi connectivity index (χ4v) is 6.08. The topological polar surface area (TPSA) is 68.0 Å². The van der Waals surface area contributed by atoms with Crippen LogP contribution < -0.4 is 0 Å². The lowest BCUT2D eigenvalue weighted by Gasteiger charge is -2.15. The first-order valence-electron chi connectivity index (χ1n) is 8.51. The predicted octanol–water partition coefficient (Wildman–Crippen LogP) is 5.09. The van der Waals surface area contributed by atoms with E-state index in [9.17, 15) is 13.6 Å². The van der Waals surface area contributed by atoms with Crippen molar-refractivity contribution in [2.75, 3.05) is 5.75 Å². The number of nitrogens with zero attached hydrogens (tertiary/aromatic N) is 3. The summed E-state index contributed by atoms with van der Waals surface area (Å²) in [6.45, 7) is 0. The number of fused-ring (bicyclic) bond motifs is 1. The van der Waals surface area contributed by atoms with Gasteiger partial charge < -0.3 is 5.11 Å². The molecule has 5 nitrogen and oxygen atoms in total. The van der Waals surface area contributed by atoms with Gasteiger partial charge in [-0.25, -0.2) is 8.78 Å². The van der Waals surface area contributed by atoms with Crippen LogP contribution in [0.3, 0.4) is 0 Å². The summed E-state index contributed by atoms with van der Waals surface area (Å²) in [4.78, 5) is 11.9. The van der Waals surface area contributed by atoms with Gasteiger partial charge >= 0.3 is 5.97 Å². The van der Waals surface area contributed by atoms with E-state index in [1.807, 2.05) is 0 Å². The fraction of sp³-hybridized carbons (Fsp3) is 0.278. The van der Waals surface area contributed by atoms with Gasteiger partial charge in [0.15, 0.2) is 16.8 Å². The van der Waals surface area contributed by atoms with Crippen LogP contribution in [0, 0.1) is 11.6 Å². The van der Waals surface area contributed by atoms with Gasteiger partial charge in [0.2, 0.25) is 4.73 Å². The second-order valence-electron chi connectivity index (χ2n) is 6.30. The number of hydrogen-bond acceptors (Lipinski definition) is 5. The molecule has 1 N–H and O–H groups in total. The summed E-state index contributed by atoms with van der Waals surface area (Å²) >= 11 is 5.96. The number of aliphatic carboxylic acids is 1. The maximum absolute atomic E-state index is 13.8. The van der Waals surface area contributed by atoms with E-state index in [1.54, 1.807) is 10.6 Å². The van der Waals surface area contributed by atoms with Crippen molar-refractivity contribution in [3.05, 3.63) is 45.7 Å². The molecule has 0 radical (unpaired) electrons. The van der Waals surface area contributed by atoms with Crippen LogP contribution in [0.25, 0.3) is 15.4 Å². The van der Waals surface area contributed by atoms with Crippen LogP contribution in [0.2, 0.25) is 0 Å². The molecule has 10 heteroatoms. The maximum Gasteiger partial charge on any atom is 0.313 e. The van der Waals surface area contributed by atoms with E-state index in [4.69, 9.17) is 5.11 Å². The Bertz CT molecular complexity index is 1070. The summed E-state index contributed by atoms with van der Waals surface area (Å²) < 4.78 is 29.5. The summed E-state index contributed by atoms with van der Waals surface area (Å²) in [5.41, 5.74) is 2.90. The fourth-order valence-electron chi connectivity index (χ4n) is 3.31. The van der Waals surface area contributed by atoms with Gasteiger partial charge in [-0.3, -0.25) is 9.36 Å². The Morgan fingerprint density at radius 1 is 1.21 bits per heavy atom. The highest BCUT2D eigenvalue weighted by molar-refractivity contribution is 9.10. The molecule has 0 amide bonds. The molecule has 0 spiro atoms. The van der Waals surface area contributed by atoms with Crippen molar-refractivity contribution in [3.63, 3.8) is 0 Å². The van der Waals surface area contributed by atoms with E-state index in [0.717, 1.165) is 64.5 Å². The number of benzene rings is 1. The molecule has 0 atom stereocenters. The Morgan fingerprint density at radius 2 is 1.96 bits per heavy atom. The zero-order valence-electron chi connectivity index (χ0n) is 14.4. The van der Waals surface area contributed by atoms with Crippen molar-refractivity contribution < 1.29 is 18.7 Å². The lowest BCUT2D eigenvalue weighted by Crippen LogP contribution is -2.06. The third-order valence-electron chi connectivity index (χ3n) is 4.50. The van der Waals surface area contributed by atoms with E-state index in [1.165, 1.54) is 17.4 Å². The second-order valence-corrected chi connectivity index (χ2v) is 8.95. The third kappa shape index (κ3) is 3.60. The number of hydrogen-bond donors (Lipinski definition) is 1. The zero-order chi connectivity index (χ0) is 19.8. The number of aromatic nitrogens is 3. The average Bonchev–Trinajstić information content (AvgIpc) is 3.22. The number of halogens is 3. The molecule has 0 aliphatic heterocycles. The maximum atomic E-state index is 13.8. The Balaban J connectivity index is 1.85. The highest BCUT2D eigenvalue weighted by atomic mass is 79.9. The molecule has 28 heavy (non-hydrogen) atoms. The SMILES string of the molecule is O=C(O)CSc1nnc(Br)n1-c1sc(-c2ccc(F)c(F)c2)c2c1CCCC2. The van der Waals surface area contributed by atoms with E-state index in [0.29, 0.717) is 15.5 Å². The monoisotopic (exact) mass is 485 g/mol. The highest BCUT2D eigenvalue weighted by Crippen LogP contribution is 2.44. The normalized spacial score (nSPS) is 13.5. The Labute approximate surface area is 175 Å². The van der Waals surface area contributed by atoms with Crippen molar-refractivity contribution in [2.24, 2.45) is 0 Å². The minimum absolute atomic E-state index is 0.130. The van der Waals surface area contributed by atoms with Crippen molar-refractivity contribution >= 4 is 45.0 Å². The van der Waals surface area contributed by atoms with Crippen LogP contribution in [-0.4, -0.2) is 31.6 Å². The number of carboxylic acids is 1. The first-order valence-corrected chi connectivity index (χ1v) is 11.1. The molecule has 0 saturated heterocycles. The molecule has 2 aromatic heterocycles. The number of thioether (sulfide) groups is 1. The molecule has 146 valence electrons. The predicted molar refractivity (Wildman–Crippen MR) is 107 cm³/mol.